The van der Waals surface area contributed by atoms with Gasteiger partial charge in [0.25, 0.3) is 0 Å². The summed E-state index contributed by atoms with van der Waals surface area (Å²) in [5, 5.41) is 18.3. The molecule has 0 atom stereocenters. The van der Waals surface area contributed by atoms with Crippen LogP contribution in [-0.2, 0) is 0 Å². The van der Waals surface area contributed by atoms with Crippen LogP contribution in [0.5, 0.6) is 0 Å². The van der Waals surface area contributed by atoms with Crippen LogP contribution in [0.3, 0.4) is 0 Å². The van der Waals surface area contributed by atoms with Crippen LogP contribution < -0.4 is 0 Å². The van der Waals surface area contributed by atoms with Gasteiger partial charge in [0.2, 0.25) is 0 Å². The van der Waals surface area contributed by atoms with Crippen molar-refractivity contribution < 1.29 is 19.8 Å². The van der Waals surface area contributed by atoms with E-state index in [0.29, 0.717) is 0 Å². The number of rotatable bonds is 2. The minimum absolute atomic E-state index is 0. The number of thiophene rings is 1. The van der Waals surface area contributed by atoms with E-state index in [1.807, 2.05) is 0 Å². The van der Waals surface area contributed by atoms with Crippen molar-refractivity contribution in [2.24, 2.45) is 0 Å². The molecule has 0 saturated carbocycles. The van der Waals surface area contributed by atoms with Gasteiger partial charge in [-0.2, -0.15) is 0 Å². The highest BCUT2D eigenvalue weighted by atomic mass is 35.5. The fourth-order valence-electron chi connectivity index (χ4n) is 0.643. The summed E-state index contributed by atoms with van der Waals surface area (Å²) >= 11 is 0.906. The molecule has 0 bridgehead atoms. The second-order valence-electron chi connectivity index (χ2n) is 1.77. The molecule has 0 saturated heterocycles. The Labute approximate surface area is 90.0 Å². The Kier molecular flexibility index (Phi) is 6.57. The fraction of sp³-hybridized carbons (Fsp3) is 0. The average Bonchev–Trinajstić information content (AvgIpc) is 2.32. The van der Waals surface area contributed by atoms with Crippen molar-refractivity contribution in [2.75, 3.05) is 0 Å². The number of aromatic carboxylic acids is 2. The summed E-state index contributed by atoms with van der Waals surface area (Å²) in [7, 11) is 0. The molecule has 74 valence electrons. The number of carboxylic acids is 2. The van der Waals surface area contributed by atoms with Crippen molar-refractivity contribution in [2.45, 2.75) is 0 Å². The maximum absolute atomic E-state index is 10.3. The van der Waals surface area contributed by atoms with E-state index in [-0.39, 0.29) is 35.3 Å². The summed E-state index contributed by atoms with van der Waals surface area (Å²) in [4.78, 5) is 20.5. The summed E-state index contributed by atoms with van der Waals surface area (Å²) in [5.41, 5.74) is -0.150. The molecule has 1 heterocycles. The van der Waals surface area contributed by atoms with Gasteiger partial charge in [0, 0.05) is 0 Å². The number of halogens is 2. The number of hydrogen-bond donors (Lipinski definition) is 2. The zero-order valence-electron chi connectivity index (χ0n) is 6.09. The lowest BCUT2D eigenvalue weighted by atomic mass is 10.2. The summed E-state index contributed by atoms with van der Waals surface area (Å²) in [6.45, 7) is 0. The second kappa shape index (κ2) is 5.80. The minimum atomic E-state index is -1.20. The highest BCUT2D eigenvalue weighted by Gasteiger charge is 2.16. The largest absolute Gasteiger partial charge is 0.478 e. The minimum Gasteiger partial charge on any atom is -0.478 e. The molecule has 0 aliphatic carbocycles. The Hall–Kier alpha value is -0.780. The smallest absolute Gasteiger partial charge is 0.346 e. The van der Waals surface area contributed by atoms with Gasteiger partial charge in [0.1, 0.15) is 4.88 Å². The molecular formula is C6H6Cl2O4S. The Morgan fingerprint density at radius 2 is 1.69 bits per heavy atom. The van der Waals surface area contributed by atoms with Crippen LogP contribution in [0.25, 0.3) is 0 Å². The van der Waals surface area contributed by atoms with E-state index in [1.54, 1.807) is 0 Å². The van der Waals surface area contributed by atoms with Gasteiger partial charge in [-0.3, -0.25) is 0 Å². The summed E-state index contributed by atoms with van der Waals surface area (Å²) < 4.78 is 0. The molecule has 4 nitrogen and oxygen atoms in total. The highest BCUT2D eigenvalue weighted by Crippen LogP contribution is 2.16. The number of hydrogen-bond acceptors (Lipinski definition) is 3. The van der Waals surface area contributed by atoms with Gasteiger partial charge in [0.15, 0.2) is 0 Å². The molecule has 0 fully saturated rings. The first-order valence-electron chi connectivity index (χ1n) is 2.67. The topological polar surface area (TPSA) is 74.6 Å². The van der Waals surface area contributed by atoms with Gasteiger partial charge in [-0.1, -0.05) is 0 Å². The van der Waals surface area contributed by atoms with Crippen LogP contribution in [0.1, 0.15) is 20.0 Å². The predicted molar refractivity (Wildman–Crippen MR) is 52.7 cm³/mol. The quantitative estimate of drug-likeness (QED) is 0.835. The van der Waals surface area contributed by atoms with E-state index in [9.17, 15) is 9.59 Å². The van der Waals surface area contributed by atoms with Crippen LogP contribution >= 0.6 is 36.2 Å². The van der Waals surface area contributed by atoms with Gasteiger partial charge in [0.05, 0.1) is 5.56 Å². The number of carbonyl (C=O) groups is 2. The van der Waals surface area contributed by atoms with Crippen LogP contribution in [0.2, 0.25) is 0 Å². The molecule has 0 aliphatic heterocycles. The predicted octanol–water partition coefficient (Wildman–Crippen LogP) is 1.99. The van der Waals surface area contributed by atoms with Crippen LogP contribution in [0.15, 0.2) is 11.4 Å². The molecule has 0 radical (unpaired) electrons. The third kappa shape index (κ3) is 3.22. The molecule has 13 heavy (non-hydrogen) atoms. The highest BCUT2D eigenvalue weighted by molar-refractivity contribution is 7.12. The van der Waals surface area contributed by atoms with Gasteiger partial charge in [-0.05, 0) is 11.4 Å². The molecule has 1 rings (SSSR count). The molecule has 0 aliphatic rings. The molecule has 0 amide bonds. The van der Waals surface area contributed by atoms with Gasteiger partial charge in [-0.25, -0.2) is 9.59 Å². The van der Waals surface area contributed by atoms with Gasteiger partial charge in [-0.15, -0.1) is 36.2 Å². The number of carboxylic acid groups (broad SMARTS) is 2. The van der Waals surface area contributed by atoms with E-state index in [0.717, 1.165) is 11.3 Å². The van der Waals surface area contributed by atoms with Crippen molar-refractivity contribution in [1.82, 2.24) is 0 Å². The van der Waals surface area contributed by atoms with Crippen LogP contribution in [0, 0.1) is 0 Å². The first kappa shape index (κ1) is 14.7. The summed E-state index contributed by atoms with van der Waals surface area (Å²) in [6.07, 6.45) is 0. The van der Waals surface area contributed by atoms with Gasteiger partial charge >= 0.3 is 11.9 Å². The molecule has 0 spiro atoms. The molecular weight excluding hydrogens is 239 g/mol. The third-order valence-corrected chi connectivity index (χ3v) is 1.99. The van der Waals surface area contributed by atoms with E-state index < -0.39 is 11.9 Å². The fourth-order valence-corrected chi connectivity index (χ4v) is 1.37. The van der Waals surface area contributed by atoms with E-state index >= 15 is 0 Å². The Bertz CT molecular complexity index is 281. The van der Waals surface area contributed by atoms with Crippen molar-refractivity contribution in [3.8, 4) is 0 Å². The van der Waals surface area contributed by atoms with Crippen molar-refractivity contribution >= 4 is 48.1 Å². The van der Waals surface area contributed by atoms with Crippen LogP contribution in [0.4, 0.5) is 0 Å². The average molecular weight is 245 g/mol. The van der Waals surface area contributed by atoms with Crippen molar-refractivity contribution in [1.29, 1.82) is 0 Å². The molecule has 0 aromatic carbocycles. The lowest BCUT2D eigenvalue weighted by Gasteiger charge is -1.89. The van der Waals surface area contributed by atoms with Crippen molar-refractivity contribution in [3.05, 3.63) is 21.9 Å². The zero-order chi connectivity index (χ0) is 8.43. The standard InChI is InChI=1S/C6H4O4S.2ClH/c7-5(8)3-1-2-11-4(3)6(9)10;;/h1-2H,(H,7,8)(H,9,10);2*1H. The maximum Gasteiger partial charge on any atom is 0.346 e. The molecule has 7 heteroatoms. The summed E-state index contributed by atoms with van der Waals surface area (Å²) in [5.74, 6) is -2.40. The SMILES string of the molecule is Cl.Cl.O=C(O)c1ccsc1C(=O)O. The van der Waals surface area contributed by atoms with E-state index in [2.05, 4.69) is 0 Å². The lowest BCUT2D eigenvalue weighted by Crippen LogP contribution is -2.03. The molecule has 0 unspecified atom stereocenters. The zero-order valence-corrected chi connectivity index (χ0v) is 8.54. The van der Waals surface area contributed by atoms with Gasteiger partial charge < -0.3 is 10.2 Å². The molecule has 1 aromatic heterocycles. The first-order valence-corrected chi connectivity index (χ1v) is 3.55. The maximum atomic E-state index is 10.3. The normalized spacial score (nSPS) is 8.00. The Morgan fingerprint density at radius 3 is 2.00 bits per heavy atom. The summed E-state index contributed by atoms with van der Waals surface area (Å²) in [6, 6.07) is 1.27. The van der Waals surface area contributed by atoms with E-state index in [1.165, 1.54) is 11.4 Å². The monoisotopic (exact) mass is 244 g/mol. The molecule has 2 N–H and O–H groups in total. The first-order chi connectivity index (χ1) is 5.13. The Morgan fingerprint density at radius 1 is 1.15 bits per heavy atom. The van der Waals surface area contributed by atoms with E-state index in [4.69, 9.17) is 10.2 Å². The Balaban J connectivity index is 0. The molecule has 1 aromatic rings. The van der Waals surface area contributed by atoms with Crippen molar-refractivity contribution in [3.63, 3.8) is 0 Å². The second-order valence-corrected chi connectivity index (χ2v) is 2.69. The third-order valence-electron chi connectivity index (χ3n) is 1.09. The van der Waals surface area contributed by atoms with Crippen LogP contribution in [-0.4, -0.2) is 22.2 Å². The lowest BCUT2D eigenvalue weighted by molar-refractivity contribution is 0.0656.